The quantitative estimate of drug-likeness (QED) is 0.438. The first-order chi connectivity index (χ1) is 13.7. The van der Waals surface area contributed by atoms with E-state index < -0.39 is 24.1 Å². The van der Waals surface area contributed by atoms with Crippen LogP contribution >= 0.6 is 31.9 Å². The molecule has 0 aliphatic heterocycles. The standard InChI is InChI=1S/C20H16Br2N2O5/c1-11(2-7-17(25)26)19(15-8-13(21)9-16(22)18(15)27)29-20(28)24-14-5-3-12(10-23)4-6-14/h2-9,11,19,27H,1H3,(H,24,28)(H,25,26)/b7-2+/t11-,19-/m1/s1. The first-order valence-corrected chi connectivity index (χ1v) is 9.86. The Hall–Kier alpha value is -2.83. The van der Waals surface area contributed by atoms with Gasteiger partial charge in [-0.2, -0.15) is 5.26 Å². The third-order valence-electron chi connectivity index (χ3n) is 3.88. The average Bonchev–Trinajstić information content (AvgIpc) is 2.67. The molecule has 0 saturated carbocycles. The van der Waals surface area contributed by atoms with Gasteiger partial charge in [-0.15, -0.1) is 0 Å². The summed E-state index contributed by atoms with van der Waals surface area (Å²) in [6, 6.07) is 11.4. The second-order valence-electron chi connectivity index (χ2n) is 6.02. The number of benzene rings is 2. The lowest BCUT2D eigenvalue weighted by molar-refractivity contribution is -0.131. The smallest absolute Gasteiger partial charge is 0.412 e. The zero-order chi connectivity index (χ0) is 21.6. The molecule has 0 radical (unpaired) electrons. The Labute approximate surface area is 183 Å². The Morgan fingerprint density at radius 2 is 1.90 bits per heavy atom. The normalized spacial score (nSPS) is 12.8. The molecular weight excluding hydrogens is 508 g/mol. The maximum Gasteiger partial charge on any atom is 0.412 e. The predicted octanol–water partition coefficient (Wildman–Crippen LogP) is 5.36. The van der Waals surface area contributed by atoms with Crippen LogP contribution in [0, 0.1) is 17.2 Å². The van der Waals surface area contributed by atoms with Crippen LogP contribution in [0.5, 0.6) is 5.75 Å². The van der Waals surface area contributed by atoms with E-state index in [4.69, 9.17) is 15.1 Å². The van der Waals surface area contributed by atoms with E-state index in [1.807, 2.05) is 6.07 Å². The number of carboxylic acid groups (broad SMARTS) is 1. The lowest BCUT2D eigenvalue weighted by Gasteiger charge is -2.24. The second kappa shape index (κ2) is 10.1. The van der Waals surface area contributed by atoms with Crippen LogP contribution in [0.2, 0.25) is 0 Å². The van der Waals surface area contributed by atoms with Crippen molar-refractivity contribution in [2.75, 3.05) is 5.32 Å². The van der Waals surface area contributed by atoms with Crippen LogP contribution in [0.25, 0.3) is 0 Å². The summed E-state index contributed by atoms with van der Waals surface area (Å²) in [6.07, 6.45) is 0.545. The summed E-state index contributed by atoms with van der Waals surface area (Å²) in [5.74, 6) is -1.83. The molecule has 29 heavy (non-hydrogen) atoms. The number of anilines is 1. The van der Waals surface area contributed by atoms with Crippen molar-refractivity contribution in [3.63, 3.8) is 0 Å². The number of aliphatic carboxylic acids is 1. The molecule has 0 bridgehead atoms. The fourth-order valence-corrected chi connectivity index (χ4v) is 3.74. The van der Waals surface area contributed by atoms with Crippen molar-refractivity contribution in [1.29, 1.82) is 5.26 Å². The van der Waals surface area contributed by atoms with Gasteiger partial charge in [-0.3, -0.25) is 5.32 Å². The number of halogens is 2. The number of phenols is 1. The van der Waals surface area contributed by atoms with E-state index in [9.17, 15) is 14.7 Å². The fourth-order valence-electron chi connectivity index (χ4n) is 2.48. The zero-order valence-electron chi connectivity index (χ0n) is 15.1. The lowest BCUT2D eigenvalue weighted by atomic mass is 9.96. The summed E-state index contributed by atoms with van der Waals surface area (Å²) in [5.41, 5.74) is 1.16. The van der Waals surface area contributed by atoms with E-state index in [0.717, 1.165) is 6.08 Å². The summed E-state index contributed by atoms with van der Waals surface area (Å²) in [6.45, 7) is 1.66. The third-order valence-corrected chi connectivity index (χ3v) is 4.94. The Bertz CT molecular complexity index is 984. The highest BCUT2D eigenvalue weighted by atomic mass is 79.9. The van der Waals surface area contributed by atoms with Crippen LogP contribution < -0.4 is 5.32 Å². The Morgan fingerprint density at radius 1 is 1.24 bits per heavy atom. The van der Waals surface area contributed by atoms with E-state index in [2.05, 4.69) is 37.2 Å². The molecule has 0 aliphatic rings. The van der Waals surface area contributed by atoms with Gasteiger partial charge in [0, 0.05) is 27.7 Å². The first kappa shape index (κ1) is 22.5. The van der Waals surface area contributed by atoms with E-state index >= 15 is 0 Å². The van der Waals surface area contributed by atoms with Crippen molar-refractivity contribution >= 4 is 49.6 Å². The van der Waals surface area contributed by atoms with Crippen molar-refractivity contribution in [2.45, 2.75) is 13.0 Å². The number of nitriles is 1. The van der Waals surface area contributed by atoms with Gasteiger partial charge in [0.1, 0.15) is 11.9 Å². The highest BCUT2D eigenvalue weighted by Crippen LogP contribution is 2.40. The molecule has 0 fully saturated rings. The number of hydrogen-bond donors (Lipinski definition) is 3. The zero-order valence-corrected chi connectivity index (χ0v) is 18.3. The van der Waals surface area contributed by atoms with Crippen molar-refractivity contribution in [1.82, 2.24) is 0 Å². The SMILES string of the molecule is C[C@H](/C=C/C(=O)O)[C@@H](OC(=O)Nc1ccc(C#N)cc1)c1cc(Br)cc(Br)c1O. The summed E-state index contributed by atoms with van der Waals surface area (Å²) in [4.78, 5) is 23.3. The molecule has 2 aromatic rings. The van der Waals surface area contributed by atoms with Crippen LogP contribution in [0.4, 0.5) is 10.5 Å². The fraction of sp³-hybridized carbons (Fsp3) is 0.150. The Balaban J connectivity index is 2.30. The number of nitrogens with zero attached hydrogens (tertiary/aromatic N) is 1. The van der Waals surface area contributed by atoms with Gasteiger partial charge < -0.3 is 14.9 Å². The molecule has 2 aromatic carbocycles. The van der Waals surface area contributed by atoms with E-state index in [0.29, 0.717) is 25.8 Å². The number of aromatic hydroxyl groups is 1. The lowest BCUT2D eigenvalue weighted by Crippen LogP contribution is -2.21. The Kier molecular flexibility index (Phi) is 7.82. The van der Waals surface area contributed by atoms with Crippen LogP contribution in [0.15, 0.2) is 57.5 Å². The molecule has 0 aliphatic carbocycles. The monoisotopic (exact) mass is 522 g/mol. The number of amides is 1. The maximum absolute atomic E-state index is 12.4. The van der Waals surface area contributed by atoms with Gasteiger partial charge in [0.25, 0.3) is 0 Å². The minimum Gasteiger partial charge on any atom is -0.506 e. The molecule has 1 amide bonds. The number of carboxylic acids is 1. The van der Waals surface area contributed by atoms with Gasteiger partial charge in [-0.1, -0.05) is 28.9 Å². The molecule has 7 nitrogen and oxygen atoms in total. The van der Waals surface area contributed by atoms with Crippen molar-refractivity contribution < 1.29 is 24.5 Å². The largest absolute Gasteiger partial charge is 0.506 e. The van der Waals surface area contributed by atoms with E-state index in [1.165, 1.54) is 6.08 Å². The number of rotatable bonds is 6. The molecule has 0 heterocycles. The van der Waals surface area contributed by atoms with E-state index in [-0.39, 0.29) is 5.75 Å². The van der Waals surface area contributed by atoms with Gasteiger partial charge in [0.2, 0.25) is 0 Å². The molecule has 3 N–H and O–H groups in total. The van der Waals surface area contributed by atoms with Gasteiger partial charge in [0.05, 0.1) is 16.1 Å². The minimum absolute atomic E-state index is 0.125. The van der Waals surface area contributed by atoms with Crippen LogP contribution in [-0.2, 0) is 9.53 Å². The number of phenolic OH excluding ortho intramolecular Hbond substituents is 1. The van der Waals surface area contributed by atoms with Gasteiger partial charge in [-0.05, 0) is 52.3 Å². The molecule has 0 spiro atoms. The van der Waals surface area contributed by atoms with Crippen molar-refractivity contribution in [3.8, 4) is 11.8 Å². The number of ether oxygens (including phenoxy) is 1. The average molecular weight is 524 g/mol. The molecule has 2 atom stereocenters. The molecule has 0 aromatic heterocycles. The summed E-state index contributed by atoms with van der Waals surface area (Å²) in [5, 5.41) is 30.7. The predicted molar refractivity (Wildman–Crippen MR) is 113 cm³/mol. The van der Waals surface area contributed by atoms with Gasteiger partial charge >= 0.3 is 12.1 Å². The minimum atomic E-state index is -1.14. The number of hydrogen-bond acceptors (Lipinski definition) is 5. The summed E-state index contributed by atoms with van der Waals surface area (Å²) < 4.78 is 6.54. The van der Waals surface area contributed by atoms with Crippen LogP contribution in [0.1, 0.15) is 24.2 Å². The number of nitrogens with one attached hydrogen (secondary N) is 1. The second-order valence-corrected chi connectivity index (χ2v) is 7.79. The molecular formula is C20H16Br2N2O5. The number of carbonyl (C=O) groups excluding carboxylic acids is 1. The molecule has 0 saturated heterocycles. The molecule has 2 rings (SSSR count). The van der Waals surface area contributed by atoms with Gasteiger partial charge in [-0.25, -0.2) is 9.59 Å². The highest BCUT2D eigenvalue weighted by Gasteiger charge is 2.26. The van der Waals surface area contributed by atoms with Crippen molar-refractivity contribution in [3.05, 3.63) is 68.6 Å². The van der Waals surface area contributed by atoms with Crippen LogP contribution in [-0.4, -0.2) is 22.3 Å². The summed E-state index contributed by atoms with van der Waals surface area (Å²) in [7, 11) is 0. The molecule has 150 valence electrons. The van der Waals surface area contributed by atoms with Gasteiger partial charge in [0.15, 0.2) is 0 Å². The Morgan fingerprint density at radius 3 is 2.48 bits per heavy atom. The molecule has 9 heteroatoms. The first-order valence-electron chi connectivity index (χ1n) is 8.28. The maximum atomic E-state index is 12.4. The highest BCUT2D eigenvalue weighted by molar-refractivity contribution is 9.11. The summed E-state index contributed by atoms with van der Waals surface area (Å²) >= 11 is 6.56. The topological polar surface area (TPSA) is 120 Å². The molecule has 0 unspecified atom stereocenters. The van der Waals surface area contributed by atoms with Crippen molar-refractivity contribution in [2.24, 2.45) is 5.92 Å². The van der Waals surface area contributed by atoms with Crippen LogP contribution in [0.3, 0.4) is 0 Å². The number of carbonyl (C=O) groups is 2. The third kappa shape index (κ3) is 6.34. The van der Waals surface area contributed by atoms with E-state index in [1.54, 1.807) is 43.3 Å².